The molecule has 0 aliphatic carbocycles. The topological polar surface area (TPSA) is 68.0 Å². The quantitative estimate of drug-likeness (QED) is 0.925. The summed E-state index contributed by atoms with van der Waals surface area (Å²) in [5.74, 6) is 0.205. The molecular formula is C11H10BrN3O2. The van der Waals surface area contributed by atoms with E-state index in [0.717, 1.165) is 10.0 Å². The number of nitrogens with one attached hydrogen (secondary N) is 1. The fourth-order valence-corrected chi connectivity index (χ4v) is 1.55. The van der Waals surface area contributed by atoms with Crippen LogP contribution in [0.5, 0.6) is 0 Å². The molecule has 1 amide bonds. The van der Waals surface area contributed by atoms with Crippen molar-refractivity contribution in [3.05, 3.63) is 39.6 Å². The number of anilines is 1. The van der Waals surface area contributed by atoms with Crippen LogP contribution in [0.4, 0.5) is 6.01 Å². The molecule has 1 aromatic carbocycles. The van der Waals surface area contributed by atoms with E-state index < -0.39 is 0 Å². The zero-order chi connectivity index (χ0) is 12.4. The Morgan fingerprint density at radius 1 is 1.41 bits per heavy atom. The lowest BCUT2D eigenvalue weighted by atomic mass is 10.1. The van der Waals surface area contributed by atoms with Crippen molar-refractivity contribution < 1.29 is 9.32 Å². The number of rotatable bonds is 2. The van der Waals surface area contributed by atoms with Gasteiger partial charge >= 0.3 is 6.01 Å². The van der Waals surface area contributed by atoms with Crippen LogP contribution in [-0.2, 0) is 0 Å². The second-order valence-electron chi connectivity index (χ2n) is 3.56. The van der Waals surface area contributed by atoms with Gasteiger partial charge in [-0.25, -0.2) is 0 Å². The average molecular weight is 296 g/mol. The Balaban J connectivity index is 2.17. The molecule has 0 saturated carbocycles. The molecule has 88 valence electrons. The van der Waals surface area contributed by atoms with Crippen LogP contribution < -0.4 is 5.32 Å². The van der Waals surface area contributed by atoms with Crippen molar-refractivity contribution in [3.8, 4) is 0 Å². The molecule has 0 radical (unpaired) electrons. The Labute approximate surface area is 106 Å². The van der Waals surface area contributed by atoms with Crippen molar-refractivity contribution in [1.82, 2.24) is 10.1 Å². The maximum absolute atomic E-state index is 11.8. The molecule has 2 rings (SSSR count). The van der Waals surface area contributed by atoms with Crippen LogP contribution in [0.15, 0.2) is 27.2 Å². The molecule has 0 aliphatic rings. The Hall–Kier alpha value is -1.69. The number of carbonyl (C=O) groups is 1. The predicted molar refractivity (Wildman–Crippen MR) is 65.9 cm³/mol. The van der Waals surface area contributed by atoms with Crippen molar-refractivity contribution in [1.29, 1.82) is 0 Å². The molecule has 1 N–H and O–H groups in total. The normalized spacial score (nSPS) is 10.3. The zero-order valence-corrected chi connectivity index (χ0v) is 10.9. The minimum atomic E-state index is -0.274. The summed E-state index contributed by atoms with van der Waals surface area (Å²) in [4.78, 5) is 15.7. The van der Waals surface area contributed by atoms with E-state index >= 15 is 0 Å². The summed E-state index contributed by atoms with van der Waals surface area (Å²) < 4.78 is 5.77. The van der Waals surface area contributed by atoms with Gasteiger partial charge in [0.25, 0.3) is 5.91 Å². The fourth-order valence-electron chi connectivity index (χ4n) is 1.30. The van der Waals surface area contributed by atoms with Gasteiger partial charge in [0.15, 0.2) is 5.82 Å². The van der Waals surface area contributed by atoms with E-state index in [1.54, 1.807) is 19.1 Å². The second kappa shape index (κ2) is 4.67. The number of aromatic nitrogens is 2. The van der Waals surface area contributed by atoms with Crippen molar-refractivity contribution in [2.24, 2.45) is 0 Å². The number of aryl methyl sites for hydroxylation is 2. The molecule has 0 unspecified atom stereocenters. The minimum Gasteiger partial charge on any atom is -0.315 e. The van der Waals surface area contributed by atoms with Gasteiger partial charge in [0.2, 0.25) is 0 Å². The third-order valence-electron chi connectivity index (χ3n) is 2.17. The Bertz CT molecular complexity index is 566. The van der Waals surface area contributed by atoms with Crippen molar-refractivity contribution in [3.63, 3.8) is 0 Å². The maximum Gasteiger partial charge on any atom is 0.328 e. The largest absolute Gasteiger partial charge is 0.328 e. The van der Waals surface area contributed by atoms with Crippen LogP contribution in [0.2, 0.25) is 0 Å². The standard InChI is InChI=1S/C11H10BrN3O2/c1-6-5-8(3-4-9(6)12)10(16)14-11-13-7(2)15-17-11/h3-5H,1-2H3,(H,13,14,15,16). The highest BCUT2D eigenvalue weighted by atomic mass is 79.9. The molecule has 0 bridgehead atoms. The van der Waals surface area contributed by atoms with Gasteiger partial charge in [0, 0.05) is 10.0 Å². The monoisotopic (exact) mass is 295 g/mol. The molecule has 0 atom stereocenters. The molecular weight excluding hydrogens is 286 g/mol. The number of nitrogens with zero attached hydrogens (tertiary/aromatic N) is 2. The first-order chi connectivity index (χ1) is 8.06. The number of hydrogen-bond donors (Lipinski definition) is 1. The Kier molecular flexibility index (Phi) is 3.23. The van der Waals surface area contributed by atoms with E-state index in [1.165, 1.54) is 0 Å². The lowest BCUT2D eigenvalue weighted by Gasteiger charge is -2.03. The van der Waals surface area contributed by atoms with Crippen LogP contribution in [0.1, 0.15) is 21.7 Å². The molecule has 0 spiro atoms. The van der Waals surface area contributed by atoms with Crippen LogP contribution in [0.25, 0.3) is 0 Å². The van der Waals surface area contributed by atoms with Crippen LogP contribution in [0, 0.1) is 13.8 Å². The number of benzene rings is 1. The second-order valence-corrected chi connectivity index (χ2v) is 4.42. The van der Waals surface area contributed by atoms with Gasteiger partial charge in [0.05, 0.1) is 0 Å². The summed E-state index contributed by atoms with van der Waals surface area (Å²) >= 11 is 3.38. The summed E-state index contributed by atoms with van der Waals surface area (Å²) in [5, 5.41) is 6.12. The van der Waals surface area contributed by atoms with Crippen molar-refractivity contribution in [2.75, 3.05) is 5.32 Å². The van der Waals surface area contributed by atoms with Crippen LogP contribution in [-0.4, -0.2) is 16.0 Å². The van der Waals surface area contributed by atoms with E-state index in [-0.39, 0.29) is 11.9 Å². The highest BCUT2D eigenvalue weighted by Crippen LogP contribution is 2.17. The van der Waals surface area contributed by atoms with Gasteiger partial charge in [-0.2, -0.15) is 4.98 Å². The van der Waals surface area contributed by atoms with Crippen LogP contribution in [0.3, 0.4) is 0 Å². The van der Waals surface area contributed by atoms with E-state index in [4.69, 9.17) is 4.52 Å². The van der Waals surface area contributed by atoms with Gasteiger partial charge in [-0.3, -0.25) is 10.1 Å². The third-order valence-corrected chi connectivity index (χ3v) is 3.06. The lowest BCUT2D eigenvalue weighted by Crippen LogP contribution is -2.12. The number of amides is 1. The third kappa shape index (κ3) is 2.71. The van der Waals surface area contributed by atoms with Gasteiger partial charge in [-0.1, -0.05) is 21.1 Å². The summed E-state index contributed by atoms with van der Waals surface area (Å²) in [6, 6.07) is 5.43. The zero-order valence-electron chi connectivity index (χ0n) is 9.32. The highest BCUT2D eigenvalue weighted by Gasteiger charge is 2.10. The SMILES string of the molecule is Cc1noc(NC(=O)c2ccc(Br)c(C)c2)n1. The first-order valence-electron chi connectivity index (χ1n) is 4.94. The van der Waals surface area contributed by atoms with Crippen LogP contribution >= 0.6 is 15.9 Å². The fraction of sp³-hybridized carbons (Fsp3) is 0.182. The molecule has 0 aliphatic heterocycles. The number of hydrogen-bond acceptors (Lipinski definition) is 4. The van der Waals surface area contributed by atoms with Gasteiger partial charge in [0.1, 0.15) is 0 Å². The maximum atomic E-state index is 11.8. The molecule has 6 heteroatoms. The first-order valence-corrected chi connectivity index (χ1v) is 5.73. The number of carbonyl (C=O) groups excluding carboxylic acids is 1. The molecule has 0 fully saturated rings. The molecule has 5 nitrogen and oxygen atoms in total. The van der Waals surface area contributed by atoms with Gasteiger partial charge in [-0.15, -0.1) is 0 Å². The molecule has 1 aromatic heterocycles. The Morgan fingerprint density at radius 2 is 2.18 bits per heavy atom. The van der Waals surface area contributed by atoms with E-state index in [0.29, 0.717) is 11.4 Å². The smallest absolute Gasteiger partial charge is 0.315 e. The number of halogens is 1. The van der Waals surface area contributed by atoms with Gasteiger partial charge < -0.3 is 4.52 Å². The van der Waals surface area contributed by atoms with Crippen molar-refractivity contribution >= 4 is 27.9 Å². The summed E-state index contributed by atoms with van der Waals surface area (Å²) in [6.07, 6.45) is 0. The van der Waals surface area contributed by atoms with E-state index in [1.807, 2.05) is 13.0 Å². The lowest BCUT2D eigenvalue weighted by molar-refractivity contribution is 0.102. The summed E-state index contributed by atoms with van der Waals surface area (Å²) in [7, 11) is 0. The van der Waals surface area contributed by atoms with E-state index in [2.05, 4.69) is 31.4 Å². The molecule has 1 heterocycles. The Morgan fingerprint density at radius 3 is 2.76 bits per heavy atom. The minimum absolute atomic E-state index is 0.105. The molecule has 17 heavy (non-hydrogen) atoms. The van der Waals surface area contributed by atoms with E-state index in [9.17, 15) is 4.79 Å². The summed E-state index contributed by atoms with van der Waals surface area (Å²) in [6.45, 7) is 3.60. The molecule has 2 aromatic rings. The summed E-state index contributed by atoms with van der Waals surface area (Å²) in [5.41, 5.74) is 1.53. The predicted octanol–water partition coefficient (Wildman–Crippen LogP) is 2.70. The van der Waals surface area contributed by atoms with Gasteiger partial charge in [-0.05, 0) is 37.6 Å². The first kappa shape index (κ1) is 11.8. The average Bonchev–Trinajstić information content (AvgIpc) is 2.68. The molecule has 0 saturated heterocycles. The van der Waals surface area contributed by atoms with Crippen molar-refractivity contribution in [2.45, 2.75) is 13.8 Å². The highest BCUT2D eigenvalue weighted by molar-refractivity contribution is 9.10.